The third kappa shape index (κ3) is 4.01. The largest absolute Gasteiger partial charge is 0.370 e. The van der Waals surface area contributed by atoms with E-state index < -0.39 is 0 Å². The molecule has 26 heavy (non-hydrogen) atoms. The zero-order valence-electron chi connectivity index (χ0n) is 15.5. The summed E-state index contributed by atoms with van der Waals surface area (Å²) in [7, 11) is 0. The first kappa shape index (κ1) is 18.1. The van der Waals surface area contributed by atoms with Gasteiger partial charge in [0.2, 0.25) is 5.91 Å². The SMILES string of the molecule is O=C1CC(CNC2CCN(c3ccccc3Cl)CC2)CN1C1CCCC1. The van der Waals surface area contributed by atoms with Gasteiger partial charge in [-0.2, -0.15) is 0 Å². The standard InChI is InChI=1S/C21H30ClN3O/c22-19-7-3-4-8-20(19)24-11-9-17(10-12-24)23-14-16-13-21(26)25(15-16)18-5-1-2-6-18/h3-4,7-8,16-18,23H,1-2,5-6,9-15H2. The zero-order valence-corrected chi connectivity index (χ0v) is 16.3. The molecule has 3 fully saturated rings. The smallest absolute Gasteiger partial charge is 0.223 e. The van der Waals surface area contributed by atoms with Gasteiger partial charge in [-0.25, -0.2) is 0 Å². The van der Waals surface area contributed by atoms with E-state index in [2.05, 4.69) is 27.2 Å². The van der Waals surface area contributed by atoms with Crippen LogP contribution in [0, 0.1) is 5.92 Å². The summed E-state index contributed by atoms with van der Waals surface area (Å²) in [5.41, 5.74) is 1.15. The molecule has 1 aliphatic carbocycles. The van der Waals surface area contributed by atoms with Crippen LogP contribution >= 0.6 is 11.6 Å². The number of nitrogens with zero attached hydrogens (tertiary/aromatic N) is 2. The van der Waals surface area contributed by atoms with Crippen molar-refractivity contribution in [2.24, 2.45) is 5.92 Å². The molecule has 2 heterocycles. The lowest BCUT2D eigenvalue weighted by Crippen LogP contribution is -2.44. The Morgan fingerprint density at radius 2 is 1.81 bits per heavy atom. The van der Waals surface area contributed by atoms with Crippen molar-refractivity contribution in [3.05, 3.63) is 29.3 Å². The van der Waals surface area contributed by atoms with Crippen molar-refractivity contribution in [1.82, 2.24) is 10.2 Å². The first-order valence-electron chi connectivity index (χ1n) is 10.2. The molecule has 142 valence electrons. The first-order valence-corrected chi connectivity index (χ1v) is 10.6. The molecule has 5 heteroatoms. The molecule has 4 rings (SSSR count). The van der Waals surface area contributed by atoms with Crippen LogP contribution in [-0.4, -0.2) is 49.1 Å². The van der Waals surface area contributed by atoms with Gasteiger partial charge in [0, 0.05) is 44.7 Å². The Labute approximate surface area is 161 Å². The van der Waals surface area contributed by atoms with Gasteiger partial charge < -0.3 is 15.1 Å². The van der Waals surface area contributed by atoms with Crippen LogP contribution in [0.4, 0.5) is 5.69 Å². The fourth-order valence-corrected chi connectivity index (χ4v) is 5.14. The van der Waals surface area contributed by atoms with Crippen LogP contribution in [0.5, 0.6) is 0 Å². The van der Waals surface area contributed by atoms with Crippen LogP contribution < -0.4 is 10.2 Å². The van der Waals surface area contributed by atoms with Crippen LogP contribution in [-0.2, 0) is 4.79 Å². The van der Waals surface area contributed by atoms with Gasteiger partial charge in [-0.3, -0.25) is 4.79 Å². The zero-order chi connectivity index (χ0) is 17.9. The number of carbonyl (C=O) groups excluding carboxylic acids is 1. The van der Waals surface area contributed by atoms with Gasteiger partial charge in [0.05, 0.1) is 10.7 Å². The van der Waals surface area contributed by atoms with Crippen LogP contribution in [0.2, 0.25) is 5.02 Å². The highest BCUT2D eigenvalue weighted by atomic mass is 35.5. The molecule has 2 aliphatic heterocycles. The predicted octanol–water partition coefficient (Wildman–Crippen LogP) is 3.69. The summed E-state index contributed by atoms with van der Waals surface area (Å²) in [6.45, 7) is 4.03. The van der Waals surface area contributed by atoms with E-state index >= 15 is 0 Å². The van der Waals surface area contributed by atoms with E-state index in [1.807, 2.05) is 12.1 Å². The Balaban J connectivity index is 1.22. The maximum atomic E-state index is 12.3. The molecule has 1 saturated carbocycles. The second-order valence-corrected chi connectivity index (χ2v) is 8.58. The highest BCUT2D eigenvalue weighted by Crippen LogP contribution is 2.30. The number of hydrogen-bond donors (Lipinski definition) is 1. The summed E-state index contributed by atoms with van der Waals surface area (Å²) in [5, 5.41) is 4.59. The minimum Gasteiger partial charge on any atom is -0.370 e. The molecule has 1 N–H and O–H groups in total. The Morgan fingerprint density at radius 3 is 2.54 bits per heavy atom. The number of hydrogen-bond acceptors (Lipinski definition) is 3. The van der Waals surface area contributed by atoms with E-state index in [1.54, 1.807) is 0 Å². The second kappa shape index (κ2) is 8.18. The quantitative estimate of drug-likeness (QED) is 0.852. The van der Waals surface area contributed by atoms with Gasteiger partial charge in [-0.1, -0.05) is 36.6 Å². The highest BCUT2D eigenvalue weighted by Gasteiger charge is 2.35. The van der Waals surface area contributed by atoms with E-state index in [9.17, 15) is 4.79 Å². The minimum atomic E-state index is 0.386. The van der Waals surface area contributed by atoms with Gasteiger partial charge in [-0.15, -0.1) is 0 Å². The third-order valence-electron chi connectivity index (χ3n) is 6.39. The van der Waals surface area contributed by atoms with Crippen molar-refractivity contribution in [1.29, 1.82) is 0 Å². The van der Waals surface area contributed by atoms with Crippen LogP contribution in [0.25, 0.3) is 0 Å². The lowest BCUT2D eigenvalue weighted by atomic mass is 10.0. The number of para-hydroxylation sites is 1. The normalized spacial score (nSPS) is 25.4. The number of nitrogens with one attached hydrogen (secondary N) is 1. The van der Waals surface area contributed by atoms with Crippen LogP contribution in [0.1, 0.15) is 44.9 Å². The minimum absolute atomic E-state index is 0.386. The molecule has 1 aromatic carbocycles. The average Bonchev–Trinajstić information content (AvgIpc) is 3.30. The van der Waals surface area contributed by atoms with Crippen molar-refractivity contribution >= 4 is 23.2 Å². The number of halogens is 1. The topological polar surface area (TPSA) is 35.6 Å². The highest BCUT2D eigenvalue weighted by molar-refractivity contribution is 6.33. The van der Waals surface area contributed by atoms with Gasteiger partial charge in [0.25, 0.3) is 0 Å². The molecule has 1 aromatic rings. The Hall–Kier alpha value is -1.26. The van der Waals surface area contributed by atoms with E-state index in [0.29, 0.717) is 23.9 Å². The summed E-state index contributed by atoms with van der Waals surface area (Å²) in [5.74, 6) is 0.877. The molecular formula is C21H30ClN3O. The van der Waals surface area contributed by atoms with Crippen LogP contribution in [0.15, 0.2) is 24.3 Å². The van der Waals surface area contributed by atoms with E-state index in [0.717, 1.165) is 56.2 Å². The van der Waals surface area contributed by atoms with Crippen molar-refractivity contribution < 1.29 is 4.79 Å². The number of rotatable bonds is 5. The van der Waals surface area contributed by atoms with Gasteiger partial charge in [0.1, 0.15) is 0 Å². The molecule has 1 unspecified atom stereocenters. The Bertz CT molecular complexity index is 623. The average molecular weight is 376 g/mol. The van der Waals surface area contributed by atoms with Crippen molar-refractivity contribution in [2.45, 2.75) is 57.0 Å². The van der Waals surface area contributed by atoms with Gasteiger partial charge in [-0.05, 0) is 43.7 Å². The monoisotopic (exact) mass is 375 g/mol. The van der Waals surface area contributed by atoms with E-state index in [4.69, 9.17) is 11.6 Å². The summed E-state index contributed by atoms with van der Waals surface area (Å²) in [6.07, 6.45) is 8.03. The fourth-order valence-electron chi connectivity index (χ4n) is 4.88. The number of likely N-dealkylation sites (tertiary alicyclic amines) is 1. The predicted molar refractivity (Wildman–Crippen MR) is 107 cm³/mol. The third-order valence-corrected chi connectivity index (χ3v) is 6.71. The molecular weight excluding hydrogens is 346 g/mol. The Morgan fingerprint density at radius 1 is 1.08 bits per heavy atom. The molecule has 2 saturated heterocycles. The number of benzene rings is 1. The van der Waals surface area contributed by atoms with Gasteiger partial charge >= 0.3 is 0 Å². The summed E-state index contributed by atoms with van der Waals surface area (Å²) in [6, 6.07) is 9.21. The molecule has 0 spiro atoms. The van der Waals surface area contributed by atoms with Crippen molar-refractivity contribution in [3.8, 4) is 0 Å². The summed E-state index contributed by atoms with van der Waals surface area (Å²) >= 11 is 6.33. The molecule has 0 bridgehead atoms. The maximum absolute atomic E-state index is 12.3. The lowest BCUT2D eigenvalue weighted by molar-refractivity contribution is -0.129. The molecule has 0 aromatic heterocycles. The van der Waals surface area contributed by atoms with Crippen molar-refractivity contribution in [3.63, 3.8) is 0 Å². The van der Waals surface area contributed by atoms with Crippen LogP contribution in [0.3, 0.4) is 0 Å². The number of amides is 1. The Kier molecular flexibility index (Phi) is 5.70. The first-order chi connectivity index (χ1) is 12.7. The lowest BCUT2D eigenvalue weighted by Gasteiger charge is -2.35. The maximum Gasteiger partial charge on any atom is 0.223 e. The molecule has 1 atom stereocenters. The van der Waals surface area contributed by atoms with E-state index in [-0.39, 0.29) is 0 Å². The summed E-state index contributed by atoms with van der Waals surface area (Å²) < 4.78 is 0. The molecule has 0 radical (unpaired) electrons. The fraction of sp³-hybridized carbons (Fsp3) is 0.667. The molecule has 1 amide bonds. The van der Waals surface area contributed by atoms with Gasteiger partial charge in [0.15, 0.2) is 0 Å². The second-order valence-electron chi connectivity index (χ2n) is 8.18. The summed E-state index contributed by atoms with van der Waals surface area (Å²) in [4.78, 5) is 16.9. The van der Waals surface area contributed by atoms with E-state index in [1.165, 1.54) is 25.7 Å². The number of piperidine rings is 1. The molecule has 4 nitrogen and oxygen atoms in total. The van der Waals surface area contributed by atoms with Crippen molar-refractivity contribution in [2.75, 3.05) is 31.1 Å². The number of anilines is 1. The molecule has 3 aliphatic rings. The number of carbonyl (C=O) groups is 1.